The van der Waals surface area contributed by atoms with E-state index in [4.69, 9.17) is 5.11 Å². The van der Waals surface area contributed by atoms with E-state index in [-0.39, 0.29) is 5.56 Å². The molecule has 2 rings (SSSR count). The summed E-state index contributed by atoms with van der Waals surface area (Å²) in [5.74, 6) is -1.74. The molecule has 1 aromatic heterocycles. The van der Waals surface area contributed by atoms with E-state index in [9.17, 15) is 9.18 Å². The van der Waals surface area contributed by atoms with Gasteiger partial charge in [-0.15, -0.1) is 0 Å². The zero-order chi connectivity index (χ0) is 10.3. The Morgan fingerprint density at radius 1 is 1.57 bits per heavy atom. The number of fused-ring (bicyclic) bond motifs is 1. The predicted molar refractivity (Wildman–Crippen MR) is 47.6 cm³/mol. The van der Waals surface area contributed by atoms with Crippen molar-refractivity contribution >= 4 is 17.0 Å². The number of carboxylic acids is 1. The number of hydrogen-bond donors (Lipinski definition) is 1. The average molecular weight is 194 g/mol. The zero-order valence-electron chi connectivity index (χ0n) is 7.36. The minimum Gasteiger partial charge on any atom is -0.478 e. The third-order valence-electron chi connectivity index (χ3n) is 2.03. The SMILES string of the molecule is Cn1cnc2c(C(=O)O)cc(F)cc21. The summed E-state index contributed by atoms with van der Waals surface area (Å²) in [6.07, 6.45) is 1.45. The lowest BCUT2D eigenvalue weighted by Gasteiger charge is -1.98. The Hall–Kier alpha value is -1.91. The number of carbonyl (C=O) groups is 1. The third kappa shape index (κ3) is 1.14. The molecule has 0 aliphatic heterocycles. The summed E-state index contributed by atoms with van der Waals surface area (Å²) >= 11 is 0. The van der Waals surface area contributed by atoms with Gasteiger partial charge < -0.3 is 9.67 Å². The molecule has 2 aromatic rings. The van der Waals surface area contributed by atoms with E-state index in [2.05, 4.69) is 4.98 Å². The van der Waals surface area contributed by atoms with E-state index in [1.165, 1.54) is 12.4 Å². The Labute approximate surface area is 78.6 Å². The van der Waals surface area contributed by atoms with Crippen LogP contribution in [0.5, 0.6) is 0 Å². The van der Waals surface area contributed by atoms with Gasteiger partial charge in [-0.2, -0.15) is 0 Å². The van der Waals surface area contributed by atoms with Crippen molar-refractivity contribution < 1.29 is 14.3 Å². The minimum atomic E-state index is -1.17. The highest BCUT2D eigenvalue weighted by molar-refractivity contribution is 6.00. The Bertz CT molecular complexity index is 519. The molecule has 14 heavy (non-hydrogen) atoms. The highest BCUT2D eigenvalue weighted by atomic mass is 19.1. The van der Waals surface area contributed by atoms with Gasteiger partial charge in [0.25, 0.3) is 0 Å². The van der Waals surface area contributed by atoms with Gasteiger partial charge in [-0.3, -0.25) is 0 Å². The van der Waals surface area contributed by atoms with E-state index >= 15 is 0 Å². The molecule has 0 bridgehead atoms. The Balaban J connectivity index is 2.88. The van der Waals surface area contributed by atoms with Crippen LogP contribution in [0.3, 0.4) is 0 Å². The summed E-state index contributed by atoms with van der Waals surface area (Å²) in [5.41, 5.74) is 0.671. The molecule has 0 amide bonds. The van der Waals surface area contributed by atoms with Gasteiger partial charge in [0.05, 0.1) is 17.4 Å². The number of aromatic nitrogens is 2. The number of benzene rings is 1. The van der Waals surface area contributed by atoms with Gasteiger partial charge in [0.2, 0.25) is 0 Å². The van der Waals surface area contributed by atoms with Crippen LogP contribution >= 0.6 is 0 Å². The molecule has 0 aliphatic carbocycles. The summed E-state index contributed by atoms with van der Waals surface area (Å²) in [5, 5.41) is 8.80. The lowest BCUT2D eigenvalue weighted by atomic mass is 10.2. The van der Waals surface area contributed by atoms with Crippen molar-refractivity contribution in [3.8, 4) is 0 Å². The quantitative estimate of drug-likeness (QED) is 0.746. The molecule has 0 saturated carbocycles. The van der Waals surface area contributed by atoms with Crippen molar-refractivity contribution in [1.82, 2.24) is 9.55 Å². The number of rotatable bonds is 1. The van der Waals surface area contributed by atoms with Crippen LogP contribution in [0.15, 0.2) is 18.5 Å². The third-order valence-corrected chi connectivity index (χ3v) is 2.03. The van der Waals surface area contributed by atoms with Crippen LogP contribution in [0.1, 0.15) is 10.4 Å². The van der Waals surface area contributed by atoms with Crippen LogP contribution in [0, 0.1) is 5.82 Å². The maximum absolute atomic E-state index is 13.0. The van der Waals surface area contributed by atoms with E-state index < -0.39 is 11.8 Å². The molecule has 0 radical (unpaired) electrons. The summed E-state index contributed by atoms with van der Waals surface area (Å²) in [6, 6.07) is 2.23. The van der Waals surface area contributed by atoms with Crippen LogP contribution in [0.4, 0.5) is 4.39 Å². The molecule has 0 aliphatic rings. The topological polar surface area (TPSA) is 55.1 Å². The first-order valence-electron chi connectivity index (χ1n) is 3.93. The van der Waals surface area contributed by atoms with Gasteiger partial charge in [-0.05, 0) is 12.1 Å². The first-order valence-corrected chi connectivity index (χ1v) is 3.93. The van der Waals surface area contributed by atoms with Gasteiger partial charge in [0.1, 0.15) is 11.3 Å². The molecule has 4 nitrogen and oxygen atoms in total. The van der Waals surface area contributed by atoms with Crippen molar-refractivity contribution in [3.05, 3.63) is 29.8 Å². The van der Waals surface area contributed by atoms with E-state index in [1.54, 1.807) is 11.6 Å². The number of imidazole rings is 1. The zero-order valence-corrected chi connectivity index (χ0v) is 7.36. The summed E-state index contributed by atoms with van der Waals surface area (Å²) in [7, 11) is 1.68. The van der Waals surface area contributed by atoms with Gasteiger partial charge in [-0.25, -0.2) is 14.2 Å². The van der Waals surface area contributed by atoms with Gasteiger partial charge in [0.15, 0.2) is 0 Å². The van der Waals surface area contributed by atoms with Gasteiger partial charge in [-0.1, -0.05) is 0 Å². The smallest absolute Gasteiger partial charge is 0.338 e. The number of carboxylic acid groups (broad SMARTS) is 1. The van der Waals surface area contributed by atoms with Crippen molar-refractivity contribution in [1.29, 1.82) is 0 Å². The molecule has 0 unspecified atom stereocenters. The molecule has 5 heteroatoms. The first kappa shape index (κ1) is 8.68. The fraction of sp³-hybridized carbons (Fsp3) is 0.111. The number of aryl methyl sites for hydroxylation is 1. The molecule has 0 spiro atoms. The second-order valence-electron chi connectivity index (χ2n) is 2.98. The van der Waals surface area contributed by atoms with Gasteiger partial charge >= 0.3 is 5.97 Å². The van der Waals surface area contributed by atoms with Crippen molar-refractivity contribution in [2.75, 3.05) is 0 Å². The van der Waals surface area contributed by atoms with Crippen LogP contribution < -0.4 is 0 Å². The minimum absolute atomic E-state index is 0.111. The second-order valence-corrected chi connectivity index (χ2v) is 2.98. The molecule has 0 atom stereocenters. The normalized spacial score (nSPS) is 10.7. The molecule has 0 saturated heterocycles. The number of halogens is 1. The fourth-order valence-electron chi connectivity index (χ4n) is 1.36. The van der Waals surface area contributed by atoms with Crippen LogP contribution in [-0.2, 0) is 7.05 Å². The first-order chi connectivity index (χ1) is 6.59. The van der Waals surface area contributed by atoms with E-state index in [1.807, 2.05) is 0 Å². The molecule has 1 N–H and O–H groups in total. The largest absolute Gasteiger partial charge is 0.478 e. The molecule has 1 aromatic carbocycles. The molecule has 1 heterocycles. The van der Waals surface area contributed by atoms with Crippen molar-refractivity contribution in [2.24, 2.45) is 7.05 Å². The average Bonchev–Trinajstić information content (AvgIpc) is 2.47. The molecule has 72 valence electrons. The van der Waals surface area contributed by atoms with Gasteiger partial charge in [0, 0.05) is 7.05 Å². The van der Waals surface area contributed by atoms with E-state index in [0.717, 1.165) is 6.07 Å². The number of nitrogens with zero attached hydrogens (tertiary/aromatic N) is 2. The standard InChI is InChI=1S/C9H7FN2O2/c1-12-4-11-8-6(9(13)14)2-5(10)3-7(8)12/h2-4H,1H3,(H,13,14). The predicted octanol–water partition coefficient (Wildman–Crippen LogP) is 1.41. The maximum Gasteiger partial charge on any atom is 0.338 e. The lowest BCUT2D eigenvalue weighted by molar-refractivity contribution is 0.0698. The maximum atomic E-state index is 13.0. The lowest BCUT2D eigenvalue weighted by Crippen LogP contribution is -1.99. The Morgan fingerprint density at radius 2 is 2.29 bits per heavy atom. The summed E-state index contributed by atoms with van der Waals surface area (Å²) in [4.78, 5) is 14.7. The van der Waals surface area contributed by atoms with Crippen LogP contribution in [-0.4, -0.2) is 20.6 Å². The van der Waals surface area contributed by atoms with Crippen LogP contribution in [0.2, 0.25) is 0 Å². The summed E-state index contributed by atoms with van der Waals surface area (Å²) < 4.78 is 14.6. The Kier molecular flexibility index (Phi) is 1.73. The van der Waals surface area contributed by atoms with Crippen LogP contribution in [0.25, 0.3) is 11.0 Å². The Morgan fingerprint density at radius 3 is 2.93 bits per heavy atom. The molecule has 0 fully saturated rings. The highest BCUT2D eigenvalue weighted by Gasteiger charge is 2.13. The monoisotopic (exact) mass is 194 g/mol. The fourth-order valence-corrected chi connectivity index (χ4v) is 1.36. The van der Waals surface area contributed by atoms with E-state index in [0.29, 0.717) is 11.0 Å². The number of aromatic carboxylic acids is 1. The summed E-state index contributed by atoms with van der Waals surface area (Å²) in [6.45, 7) is 0. The van der Waals surface area contributed by atoms with Crippen molar-refractivity contribution in [2.45, 2.75) is 0 Å². The number of hydrogen-bond acceptors (Lipinski definition) is 2. The molecular weight excluding hydrogens is 187 g/mol. The van der Waals surface area contributed by atoms with Crippen molar-refractivity contribution in [3.63, 3.8) is 0 Å². The highest BCUT2D eigenvalue weighted by Crippen LogP contribution is 2.18. The molecular formula is C9H7FN2O2. The second kappa shape index (κ2) is 2.80.